The summed E-state index contributed by atoms with van der Waals surface area (Å²) in [6.07, 6.45) is 12.6. The van der Waals surface area contributed by atoms with E-state index in [0.717, 1.165) is 56.1 Å². The summed E-state index contributed by atoms with van der Waals surface area (Å²) >= 11 is 0. The van der Waals surface area contributed by atoms with Crippen molar-refractivity contribution in [2.75, 3.05) is 0 Å². The molecule has 1 N–H and O–H groups in total. The molecule has 0 heterocycles. The lowest BCUT2D eigenvalue weighted by molar-refractivity contribution is -0.178. The first-order chi connectivity index (χ1) is 15.6. The van der Waals surface area contributed by atoms with Gasteiger partial charge in [-0.15, -0.1) is 0 Å². The Morgan fingerprint density at radius 2 is 1.49 bits per heavy atom. The van der Waals surface area contributed by atoms with Crippen LogP contribution in [0.1, 0.15) is 101 Å². The zero-order valence-electron chi connectivity index (χ0n) is 21.9. The minimum absolute atomic E-state index is 0. The van der Waals surface area contributed by atoms with Gasteiger partial charge in [-0.3, -0.25) is 14.4 Å². The maximum Gasteiger partial charge on any atom is 0.309 e. The molecule has 0 unspecified atom stereocenters. The van der Waals surface area contributed by atoms with Gasteiger partial charge in [0, 0.05) is 5.41 Å². The molecule has 0 aromatic rings. The van der Waals surface area contributed by atoms with Crippen molar-refractivity contribution in [2.45, 2.75) is 101 Å². The molecule has 192 valence electrons. The molecule has 0 radical (unpaired) electrons. The third kappa shape index (κ3) is 3.01. The van der Waals surface area contributed by atoms with E-state index in [1.54, 1.807) is 6.08 Å². The van der Waals surface area contributed by atoms with Crippen molar-refractivity contribution in [1.82, 2.24) is 0 Å². The summed E-state index contributed by atoms with van der Waals surface area (Å²) in [7, 11) is 0. The fraction of sp³-hybridized carbons (Fsp3) is 0.710. The molecular formula is C31H44O4. The van der Waals surface area contributed by atoms with Gasteiger partial charge >= 0.3 is 5.97 Å². The molecule has 5 aliphatic rings. The number of carboxylic acids is 1. The molecule has 0 aromatic carbocycles. The van der Waals surface area contributed by atoms with E-state index in [2.05, 4.69) is 39.8 Å². The van der Waals surface area contributed by atoms with Crippen molar-refractivity contribution in [2.24, 2.45) is 38.4 Å². The molecule has 3 saturated carbocycles. The number of carbonyl (C=O) groups excluding carboxylic acids is 2. The van der Waals surface area contributed by atoms with Crippen LogP contribution < -0.4 is 0 Å². The second-order valence-electron chi connectivity index (χ2n) is 13.9. The predicted molar refractivity (Wildman–Crippen MR) is 139 cm³/mol. The number of aliphatic carboxylic acids is 1. The van der Waals surface area contributed by atoms with Crippen LogP contribution in [0, 0.1) is 38.4 Å². The Labute approximate surface area is 211 Å². The number of carboxylic acid groups (broad SMARTS) is 1. The monoisotopic (exact) mass is 480 g/mol. The molecule has 0 saturated heterocycles. The maximum atomic E-state index is 12.7. The molecule has 5 aliphatic carbocycles. The van der Waals surface area contributed by atoms with E-state index in [-0.39, 0.29) is 40.7 Å². The third-order valence-corrected chi connectivity index (χ3v) is 11.9. The van der Waals surface area contributed by atoms with E-state index in [9.17, 15) is 19.5 Å². The molecule has 35 heavy (non-hydrogen) atoms. The summed E-state index contributed by atoms with van der Waals surface area (Å²) < 4.78 is 0. The molecule has 0 spiro atoms. The van der Waals surface area contributed by atoms with Crippen LogP contribution in [0.3, 0.4) is 0 Å². The van der Waals surface area contributed by atoms with Gasteiger partial charge in [-0.05, 0) is 105 Å². The van der Waals surface area contributed by atoms with Crippen molar-refractivity contribution in [3.8, 4) is 0 Å². The van der Waals surface area contributed by atoms with E-state index >= 15 is 0 Å². The summed E-state index contributed by atoms with van der Waals surface area (Å²) in [5, 5.41) is 10.1. The van der Waals surface area contributed by atoms with Crippen molar-refractivity contribution < 1.29 is 19.5 Å². The van der Waals surface area contributed by atoms with Crippen LogP contribution in [0.15, 0.2) is 34.9 Å². The third-order valence-electron chi connectivity index (χ3n) is 11.9. The number of hydrogen-bond acceptors (Lipinski definition) is 3. The summed E-state index contributed by atoms with van der Waals surface area (Å²) in [6, 6.07) is 0. The summed E-state index contributed by atoms with van der Waals surface area (Å²) in [4.78, 5) is 37.7. The van der Waals surface area contributed by atoms with Crippen LogP contribution in [-0.2, 0) is 14.4 Å². The fourth-order valence-electron chi connectivity index (χ4n) is 8.98. The normalized spacial score (nSPS) is 45.9. The molecule has 5 rings (SSSR count). The summed E-state index contributed by atoms with van der Waals surface area (Å²) in [6.45, 7) is 15.2. The van der Waals surface area contributed by atoms with E-state index in [0.29, 0.717) is 5.92 Å². The first kappa shape index (κ1) is 26.1. The SMILES string of the molecule is C.CC1(C)C(=O)C(=O)C=C2C1=CC=C1[C@@]2(C)CC[C@@]2(C)[C@@H]3C[C@](C)(C(=O)O)CC[C@]3(C)CC[C@]12C. The van der Waals surface area contributed by atoms with Crippen molar-refractivity contribution in [1.29, 1.82) is 0 Å². The second-order valence-corrected chi connectivity index (χ2v) is 13.9. The molecular weight excluding hydrogens is 436 g/mol. The van der Waals surface area contributed by atoms with Crippen molar-refractivity contribution in [3.05, 3.63) is 34.9 Å². The predicted octanol–water partition coefficient (Wildman–Crippen LogP) is 7.10. The minimum atomic E-state index is -0.800. The number of carbonyl (C=O) groups is 3. The molecule has 3 fully saturated rings. The average molecular weight is 481 g/mol. The Balaban J connectivity index is 0.00000289. The van der Waals surface area contributed by atoms with Crippen LogP contribution in [0.25, 0.3) is 0 Å². The van der Waals surface area contributed by atoms with Crippen LogP contribution in [0.2, 0.25) is 0 Å². The topological polar surface area (TPSA) is 71.4 Å². The van der Waals surface area contributed by atoms with Crippen LogP contribution in [0.4, 0.5) is 0 Å². The van der Waals surface area contributed by atoms with Crippen molar-refractivity contribution >= 4 is 17.5 Å². The van der Waals surface area contributed by atoms with E-state index in [1.165, 1.54) is 5.57 Å². The van der Waals surface area contributed by atoms with Crippen LogP contribution >= 0.6 is 0 Å². The van der Waals surface area contributed by atoms with Gasteiger partial charge in [0.15, 0.2) is 0 Å². The lowest BCUT2D eigenvalue weighted by Crippen LogP contribution is -2.62. The van der Waals surface area contributed by atoms with Gasteiger partial charge in [0.1, 0.15) is 0 Å². The number of Topliss-reactive ketones (excluding diaryl/α,β-unsaturated/α-hetero) is 1. The summed E-state index contributed by atoms with van der Waals surface area (Å²) in [5.74, 6) is -1.02. The van der Waals surface area contributed by atoms with Gasteiger partial charge in [0.25, 0.3) is 0 Å². The van der Waals surface area contributed by atoms with Gasteiger partial charge < -0.3 is 5.11 Å². The lowest BCUT2D eigenvalue weighted by atomic mass is 9.34. The van der Waals surface area contributed by atoms with Crippen molar-refractivity contribution in [3.63, 3.8) is 0 Å². The highest BCUT2D eigenvalue weighted by Gasteiger charge is 2.67. The first-order valence-corrected chi connectivity index (χ1v) is 13.0. The number of rotatable bonds is 1. The number of allylic oxidation sites excluding steroid dienone is 6. The average Bonchev–Trinajstić information content (AvgIpc) is 2.76. The minimum Gasteiger partial charge on any atom is -0.481 e. The largest absolute Gasteiger partial charge is 0.481 e. The zero-order valence-corrected chi connectivity index (χ0v) is 21.9. The van der Waals surface area contributed by atoms with Gasteiger partial charge in [0.05, 0.1) is 10.8 Å². The Hall–Kier alpha value is -1.97. The fourth-order valence-corrected chi connectivity index (χ4v) is 8.98. The molecule has 0 aromatic heterocycles. The van der Waals surface area contributed by atoms with Gasteiger partial charge in [-0.1, -0.05) is 52.8 Å². The molecule has 0 aliphatic heterocycles. The highest BCUT2D eigenvalue weighted by Crippen LogP contribution is 2.75. The van der Waals surface area contributed by atoms with E-state index in [1.807, 2.05) is 20.8 Å². The Bertz CT molecular complexity index is 1120. The van der Waals surface area contributed by atoms with Gasteiger partial charge in [-0.25, -0.2) is 0 Å². The van der Waals surface area contributed by atoms with Crippen LogP contribution in [0.5, 0.6) is 0 Å². The first-order valence-electron chi connectivity index (χ1n) is 13.0. The Kier molecular flexibility index (Phi) is 5.44. The Morgan fingerprint density at radius 3 is 2.11 bits per heavy atom. The molecule has 0 amide bonds. The second kappa shape index (κ2) is 7.29. The highest BCUT2D eigenvalue weighted by molar-refractivity contribution is 6.45. The zero-order chi connectivity index (χ0) is 25.1. The quantitative estimate of drug-likeness (QED) is 0.406. The smallest absolute Gasteiger partial charge is 0.309 e. The lowest BCUT2D eigenvalue weighted by Gasteiger charge is -2.70. The standard InChI is InChI=1S/C30H40O4.CH4/c1-25(2)18-8-9-21-28(5,19(18)16-20(31)23(25)32)13-15-30(7)22-17-27(4,24(33)34)11-10-26(22,3)12-14-29(21,30)6;/h8-9,16,22H,10-15,17H2,1-7H3,(H,33,34);1H4/t22-,26-,27-,28+,29-,30+;/m1./s1. The molecule has 4 nitrogen and oxygen atoms in total. The maximum absolute atomic E-state index is 12.7. The van der Waals surface area contributed by atoms with Gasteiger partial charge in [0.2, 0.25) is 11.6 Å². The number of hydrogen-bond donors (Lipinski definition) is 1. The molecule has 4 heteroatoms. The summed E-state index contributed by atoms with van der Waals surface area (Å²) in [5.41, 5.74) is 1.74. The molecule has 0 bridgehead atoms. The molecule has 6 atom stereocenters. The van der Waals surface area contributed by atoms with E-state index in [4.69, 9.17) is 0 Å². The van der Waals surface area contributed by atoms with E-state index < -0.39 is 16.8 Å². The van der Waals surface area contributed by atoms with Gasteiger partial charge in [-0.2, -0.15) is 0 Å². The number of ketones is 2. The van der Waals surface area contributed by atoms with Crippen LogP contribution in [-0.4, -0.2) is 22.6 Å². The Morgan fingerprint density at radius 1 is 0.857 bits per heavy atom. The number of fused-ring (bicyclic) bond motifs is 7. The highest BCUT2D eigenvalue weighted by atomic mass is 16.4.